The predicted molar refractivity (Wildman–Crippen MR) is 94.4 cm³/mol. The van der Waals surface area contributed by atoms with Crippen LogP contribution >= 0.6 is 0 Å². The highest BCUT2D eigenvalue weighted by atomic mass is 16.5. The molecule has 1 aliphatic heterocycles. The number of anilines is 1. The van der Waals surface area contributed by atoms with Crippen LogP contribution in [-0.4, -0.2) is 25.0 Å². The number of nitrogens with one attached hydrogen (secondary N) is 1. The number of carbonyl (C=O) groups excluding carboxylic acids is 2. The Hall–Kier alpha value is -3.28. The van der Waals surface area contributed by atoms with Gasteiger partial charge in [0.25, 0.3) is 5.91 Å². The largest absolute Gasteiger partial charge is 0.493 e. The Morgan fingerprint density at radius 2 is 2.12 bits per heavy atom. The summed E-state index contributed by atoms with van der Waals surface area (Å²) in [5.74, 6) is 0.550. The molecule has 0 radical (unpaired) electrons. The summed E-state index contributed by atoms with van der Waals surface area (Å²) in [4.78, 5) is 22.8. The van der Waals surface area contributed by atoms with Gasteiger partial charge in [-0.3, -0.25) is 9.59 Å². The van der Waals surface area contributed by atoms with Crippen molar-refractivity contribution in [2.75, 3.05) is 18.5 Å². The third-order valence-corrected chi connectivity index (χ3v) is 3.62. The van der Waals surface area contributed by atoms with Crippen LogP contribution < -0.4 is 20.5 Å². The molecule has 0 saturated heterocycles. The van der Waals surface area contributed by atoms with E-state index in [1.165, 1.54) is 6.08 Å². The van der Waals surface area contributed by atoms with Gasteiger partial charge in [0.05, 0.1) is 6.61 Å². The molecule has 0 saturated carbocycles. The maximum atomic E-state index is 12.1. The van der Waals surface area contributed by atoms with Crippen molar-refractivity contribution in [3.8, 4) is 11.5 Å². The molecule has 6 heteroatoms. The smallest absolute Gasteiger partial charge is 0.255 e. The zero-order valence-corrected chi connectivity index (χ0v) is 13.5. The van der Waals surface area contributed by atoms with E-state index < -0.39 is 5.91 Å². The topological polar surface area (TPSA) is 90.7 Å². The van der Waals surface area contributed by atoms with Crippen LogP contribution in [0.4, 0.5) is 5.69 Å². The molecular formula is C19H18N2O4. The predicted octanol–water partition coefficient (Wildman–Crippen LogP) is 2.14. The standard InChI is InChI=1S/C19H18N2O4/c20-18(22)12-25-16-3-1-2-15(11-16)21-19(23)7-5-13-4-6-17-14(10-13)8-9-24-17/h1-7,10-11H,8-9,12H2,(H2,20,22)(H,21,23)/b7-5+. The van der Waals surface area contributed by atoms with Crippen LogP contribution in [-0.2, 0) is 16.0 Å². The van der Waals surface area contributed by atoms with E-state index in [0.717, 1.165) is 23.3 Å². The van der Waals surface area contributed by atoms with Crippen LogP contribution in [0, 0.1) is 0 Å². The minimum atomic E-state index is -0.558. The fraction of sp³-hybridized carbons (Fsp3) is 0.158. The summed E-state index contributed by atoms with van der Waals surface area (Å²) in [5.41, 5.74) is 7.70. The van der Waals surface area contributed by atoms with E-state index in [1.807, 2.05) is 18.2 Å². The molecular weight excluding hydrogens is 320 g/mol. The second-order valence-electron chi connectivity index (χ2n) is 5.57. The molecule has 2 aromatic rings. The molecule has 3 N–H and O–H groups in total. The zero-order valence-electron chi connectivity index (χ0n) is 13.5. The molecule has 1 heterocycles. The van der Waals surface area contributed by atoms with E-state index in [4.69, 9.17) is 15.2 Å². The van der Waals surface area contributed by atoms with Gasteiger partial charge in [0.15, 0.2) is 6.61 Å². The van der Waals surface area contributed by atoms with E-state index in [2.05, 4.69) is 5.32 Å². The third kappa shape index (κ3) is 4.60. The Morgan fingerprint density at radius 3 is 2.96 bits per heavy atom. The quantitative estimate of drug-likeness (QED) is 0.790. The minimum Gasteiger partial charge on any atom is -0.493 e. The van der Waals surface area contributed by atoms with Crippen molar-refractivity contribution >= 4 is 23.6 Å². The van der Waals surface area contributed by atoms with Crippen molar-refractivity contribution in [1.29, 1.82) is 0 Å². The van der Waals surface area contributed by atoms with E-state index in [1.54, 1.807) is 30.3 Å². The minimum absolute atomic E-state index is 0.209. The normalized spacial score (nSPS) is 12.5. The number of primary amides is 1. The highest BCUT2D eigenvalue weighted by Gasteiger charge is 2.11. The first-order chi connectivity index (χ1) is 12.1. The van der Waals surface area contributed by atoms with Crippen molar-refractivity contribution in [3.05, 3.63) is 59.7 Å². The molecule has 0 unspecified atom stereocenters. The number of rotatable bonds is 6. The highest BCUT2D eigenvalue weighted by Crippen LogP contribution is 2.26. The molecule has 0 aliphatic carbocycles. The third-order valence-electron chi connectivity index (χ3n) is 3.62. The molecule has 128 valence electrons. The SMILES string of the molecule is NC(=O)COc1cccc(NC(=O)/C=C/c2ccc3c(c2)CCO3)c1. The summed E-state index contributed by atoms with van der Waals surface area (Å²) in [6.45, 7) is 0.497. The van der Waals surface area contributed by atoms with Gasteiger partial charge in [-0.05, 0) is 41.5 Å². The van der Waals surface area contributed by atoms with Crippen LogP contribution in [0.5, 0.6) is 11.5 Å². The molecule has 2 aromatic carbocycles. The molecule has 0 atom stereocenters. The monoisotopic (exact) mass is 338 g/mol. The molecule has 25 heavy (non-hydrogen) atoms. The lowest BCUT2D eigenvalue weighted by Gasteiger charge is -2.06. The molecule has 6 nitrogen and oxygen atoms in total. The van der Waals surface area contributed by atoms with Crippen LogP contribution in [0.2, 0.25) is 0 Å². The van der Waals surface area contributed by atoms with Crippen LogP contribution in [0.1, 0.15) is 11.1 Å². The molecule has 0 aromatic heterocycles. The van der Waals surface area contributed by atoms with E-state index >= 15 is 0 Å². The number of benzene rings is 2. The molecule has 3 rings (SSSR count). The van der Waals surface area contributed by atoms with Crippen molar-refractivity contribution in [2.24, 2.45) is 5.73 Å². The summed E-state index contributed by atoms with van der Waals surface area (Å²) in [6.07, 6.45) is 4.11. The maximum absolute atomic E-state index is 12.1. The van der Waals surface area contributed by atoms with Crippen molar-refractivity contribution in [3.63, 3.8) is 0 Å². The van der Waals surface area contributed by atoms with Gasteiger partial charge in [-0.15, -0.1) is 0 Å². The van der Waals surface area contributed by atoms with E-state index in [-0.39, 0.29) is 12.5 Å². The Morgan fingerprint density at radius 1 is 1.24 bits per heavy atom. The van der Waals surface area contributed by atoms with Gasteiger partial charge in [-0.1, -0.05) is 12.1 Å². The summed E-state index contributed by atoms with van der Waals surface area (Å²) in [7, 11) is 0. The summed E-state index contributed by atoms with van der Waals surface area (Å²) in [5, 5.41) is 2.75. The Labute approximate surface area is 145 Å². The number of ether oxygens (including phenoxy) is 2. The molecule has 1 aliphatic rings. The van der Waals surface area contributed by atoms with Gasteiger partial charge in [0.2, 0.25) is 5.91 Å². The summed E-state index contributed by atoms with van der Waals surface area (Å²) in [6, 6.07) is 12.6. The first kappa shape index (κ1) is 16.6. The summed E-state index contributed by atoms with van der Waals surface area (Å²) >= 11 is 0. The van der Waals surface area contributed by atoms with Gasteiger partial charge in [-0.25, -0.2) is 0 Å². The van der Waals surface area contributed by atoms with Crippen LogP contribution in [0.15, 0.2) is 48.5 Å². The number of nitrogens with two attached hydrogens (primary N) is 1. The molecule has 2 amide bonds. The van der Waals surface area contributed by atoms with Gasteiger partial charge < -0.3 is 20.5 Å². The van der Waals surface area contributed by atoms with E-state index in [9.17, 15) is 9.59 Å². The number of carbonyl (C=O) groups is 2. The lowest BCUT2D eigenvalue weighted by molar-refractivity contribution is -0.120. The van der Waals surface area contributed by atoms with Crippen LogP contribution in [0.25, 0.3) is 6.08 Å². The van der Waals surface area contributed by atoms with E-state index in [0.29, 0.717) is 18.0 Å². The number of fused-ring (bicyclic) bond motifs is 1. The molecule has 0 fully saturated rings. The number of amides is 2. The maximum Gasteiger partial charge on any atom is 0.255 e. The fourth-order valence-corrected chi connectivity index (χ4v) is 2.48. The van der Waals surface area contributed by atoms with Gasteiger partial charge >= 0.3 is 0 Å². The first-order valence-electron chi connectivity index (χ1n) is 7.86. The van der Waals surface area contributed by atoms with Gasteiger partial charge in [-0.2, -0.15) is 0 Å². The van der Waals surface area contributed by atoms with Crippen molar-refractivity contribution in [1.82, 2.24) is 0 Å². The van der Waals surface area contributed by atoms with Crippen LogP contribution in [0.3, 0.4) is 0 Å². The summed E-state index contributed by atoms with van der Waals surface area (Å²) < 4.78 is 10.7. The number of hydrogen-bond donors (Lipinski definition) is 2. The molecule has 0 bridgehead atoms. The lowest BCUT2D eigenvalue weighted by Crippen LogP contribution is -2.20. The Bertz CT molecular complexity index is 830. The Kier molecular flexibility index (Phi) is 4.99. The second-order valence-corrected chi connectivity index (χ2v) is 5.57. The van der Waals surface area contributed by atoms with Gasteiger partial charge in [0.1, 0.15) is 11.5 Å². The second kappa shape index (κ2) is 7.53. The van der Waals surface area contributed by atoms with Gasteiger partial charge in [0, 0.05) is 24.3 Å². The molecule has 0 spiro atoms. The average Bonchev–Trinajstić information content (AvgIpc) is 3.06. The zero-order chi connectivity index (χ0) is 17.6. The Balaban J connectivity index is 1.60. The first-order valence-corrected chi connectivity index (χ1v) is 7.86. The highest BCUT2D eigenvalue weighted by molar-refractivity contribution is 6.02. The van der Waals surface area contributed by atoms with Crippen molar-refractivity contribution < 1.29 is 19.1 Å². The fourth-order valence-electron chi connectivity index (χ4n) is 2.48. The lowest BCUT2D eigenvalue weighted by atomic mass is 10.1. The number of hydrogen-bond acceptors (Lipinski definition) is 4. The average molecular weight is 338 g/mol. The van der Waals surface area contributed by atoms with Crippen molar-refractivity contribution in [2.45, 2.75) is 6.42 Å².